The van der Waals surface area contributed by atoms with Crippen LogP contribution in [0.2, 0.25) is 0 Å². The zero-order valence-corrected chi connectivity index (χ0v) is 9.57. The van der Waals surface area contributed by atoms with Gasteiger partial charge in [-0.15, -0.1) is 0 Å². The summed E-state index contributed by atoms with van der Waals surface area (Å²) in [5, 5.41) is 0.309. The van der Waals surface area contributed by atoms with Gasteiger partial charge in [-0.05, 0) is 0 Å². The van der Waals surface area contributed by atoms with Crippen LogP contribution >= 0.6 is 11.8 Å². The number of carbonyl (C=O) groups is 1. The van der Waals surface area contributed by atoms with Crippen LogP contribution in [0.4, 0.5) is 0 Å². The van der Waals surface area contributed by atoms with Crippen LogP contribution in [0.15, 0.2) is 0 Å². The third-order valence-corrected chi connectivity index (χ3v) is 2.62. The molecule has 0 heterocycles. The fourth-order valence-corrected chi connectivity index (χ4v) is 1.76. The van der Waals surface area contributed by atoms with E-state index in [-0.39, 0.29) is 5.92 Å². The number of hydrogen-bond acceptors (Lipinski definition) is 2. The van der Waals surface area contributed by atoms with Gasteiger partial charge in [0.15, 0.2) is 5.12 Å². The second-order valence-electron chi connectivity index (χ2n) is 4.34. The van der Waals surface area contributed by atoms with Crippen LogP contribution in [0, 0.1) is 5.92 Å². The van der Waals surface area contributed by atoms with Gasteiger partial charge < -0.3 is 4.48 Å². The van der Waals surface area contributed by atoms with E-state index in [1.165, 1.54) is 11.8 Å². The maximum Gasteiger partial charge on any atom is 0.191 e. The Morgan fingerprint density at radius 3 is 2.17 bits per heavy atom. The standard InChI is InChI=1S/C9H20NOS/c1-8(2)9(11)12-7-6-10(3,4)5/h8H,6-7H2,1-5H3/q+1. The van der Waals surface area contributed by atoms with Crippen molar-refractivity contribution in [1.29, 1.82) is 0 Å². The first-order chi connectivity index (χ1) is 5.33. The minimum atomic E-state index is 0.169. The molecule has 0 aromatic rings. The molecule has 0 aliphatic carbocycles. The van der Waals surface area contributed by atoms with Gasteiger partial charge in [0.25, 0.3) is 0 Å². The molecule has 0 saturated heterocycles. The monoisotopic (exact) mass is 190 g/mol. The van der Waals surface area contributed by atoms with Gasteiger partial charge in [-0.25, -0.2) is 0 Å². The molecule has 0 N–H and O–H groups in total. The summed E-state index contributed by atoms with van der Waals surface area (Å²) in [6.45, 7) is 4.94. The van der Waals surface area contributed by atoms with E-state index < -0.39 is 0 Å². The minimum Gasteiger partial charge on any atom is -0.330 e. The van der Waals surface area contributed by atoms with Crippen LogP contribution in [0.5, 0.6) is 0 Å². The quantitative estimate of drug-likeness (QED) is 0.627. The van der Waals surface area contributed by atoms with Gasteiger partial charge in [-0.1, -0.05) is 25.6 Å². The van der Waals surface area contributed by atoms with Crippen LogP contribution < -0.4 is 0 Å². The zero-order chi connectivity index (χ0) is 9.78. The highest BCUT2D eigenvalue weighted by Crippen LogP contribution is 2.10. The third kappa shape index (κ3) is 6.68. The van der Waals surface area contributed by atoms with Gasteiger partial charge in [0.1, 0.15) is 0 Å². The molecule has 0 spiro atoms. The third-order valence-electron chi connectivity index (χ3n) is 1.48. The first kappa shape index (κ1) is 12.0. The summed E-state index contributed by atoms with van der Waals surface area (Å²) in [4.78, 5) is 11.2. The molecule has 0 saturated carbocycles. The fourth-order valence-electron chi connectivity index (χ4n) is 0.587. The van der Waals surface area contributed by atoms with Crippen LogP contribution in [0.25, 0.3) is 0 Å². The summed E-state index contributed by atoms with van der Waals surface area (Å²) in [6, 6.07) is 0. The molecule has 0 amide bonds. The Morgan fingerprint density at radius 2 is 1.83 bits per heavy atom. The molecule has 0 aliphatic heterocycles. The van der Waals surface area contributed by atoms with Crippen molar-refractivity contribution in [3.05, 3.63) is 0 Å². The molecule has 0 aromatic carbocycles. The van der Waals surface area contributed by atoms with Crippen molar-refractivity contribution in [2.24, 2.45) is 5.92 Å². The number of nitrogens with zero attached hydrogens (tertiary/aromatic N) is 1. The summed E-state index contributed by atoms with van der Waals surface area (Å²) in [5.74, 6) is 1.10. The highest BCUT2D eigenvalue weighted by molar-refractivity contribution is 8.13. The molecule has 0 unspecified atom stereocenters. The maximum atomic E-state index is 11.2. The van der Waals surface area contributed by atoms with Gasteiger partial charge in [0, 0.05) is 5.92 Å². The molecular weight excluding hydrogens is 170 g/mol. The Balaban J connectivity index is 3.51. The summed E-state index contributed by atoms with van der Waals surface area (Å²) < 4.78 is 0.929. The maximum absolute atomic E-state index is 11.2. The van der Waals surface area contributed by atoms with Crippen LogP contribution in [-0.2, 0) is 4.79 Å². The van der Waals surface area contributed by atoms with E-state index in [1.807, 2.05) is 13.8 Å². The summed E-state index contributed by atoms with van der Waals surface area (Å²) >= 11 is 1.46. The van der Waals surface area contributed by atoms with Crippen molar-refractivity contribution >= 4 is 16.9 Å². The number of quaternary nitrogens is 1. The van der Waals surface area contributed by atoms with Crippen LogP contribution in [0.3, 0.4) is 0 Å². The van der Waals surface area contributed by atoms with Crippen molar-refractivity contribution in [2.45, 2.75) is 13.8 Å². The predicted molar refractivity (Wildman–Crippen MR) is 55.2 cm³/mol. The predicted octanol–water partition coefficient (Wildman–Crippen LogP) is 1.61. The summed E-state index contributed by atoms with van der Waals surface area (Å²) in [5.41, 5.74) is 0. The van der Waals surface area contributed by atoms with E-state index in [0.29, 0.717) is 5.12 Å². The van der Waals surface area contributed by atoms with Gasteiger partial charge in [-0.2, -0.15) is 0 Å². The first-order valence-electron chi connectivity index (χ1n) is 4.30. The van der Waals surface area contributed by atoms with Gasteiger partial charge in [0.05, 0.1) is 33.4 Å². The normalized spacial score (nSPS) is 12.2. The lowest BCUT2D eigenvalue weighted by molar-refractivity contribution is -0.867. The Kier molecular flexibility index (Phi) is 4.87. The fraction of sp³-hybridized carbons (Fsp3) is 0.889. The molecule has 0 bridgehead atoms. The molecule has 3 heteroatoms. The van der Waals surface area contributed by atoms with Crippen molar-refractivity contribution in [3.63, 3.8) is 0 Å². The first-order valence-corrected chi connectivity index (χ1v) is 5.28. The van der Waals surface area contributed by atoms with E-state index in [9.17, 15) is 4.79 Å². The molecule has 0 rings (SSSR count). The second kappa shape index (κ2) is 4.87. The molecule has 0 atom stereocenters. The molecular formula is C9H20NOS+. The lowest BCUT2D eigenvalue weighted by Gasteiger charge is -2.23. The number of hydrogen-bond donors (Lipinski definition) is 0. The Hall–Kier alpha value is -0.0200. The average Bonchev–Trinajstić information content (AvgIpc) is 1.84. The van der Waals surface area contributed by atoms with E-state index in [1.54, 1.807) is 0 Å². The SMILES string of the molecule is CC(C)C(=O)SCC[N+](C)(C)C. The van der Waals surface area contributed by atoms with E-state index in [2.05, 4.69) is 21.1 Å². The van der Waals surface area contributed by atoms with E-state index in [0.717, 1.165) is 16.8 Å². The Bertz CT molecular complexity index is 149. The van der Waals surface area contributed by atoms with E-state index >= 15 is 0 Å². The highest BCUT2D eigenvalue weighted by Gasteiger charge is 2.11. The van der Waals surface area contributed by atoms with Crippen molar-refractivity contribution in [3.8, 4) is 0 Å². The van der Waals surface area contributed by atoms with Crippen LogP contribution in [0.1, 0.15) is 13.8 Å². The number of rotatable bonds is 4. The molecule has 72 valence electrons. The molecule has 0 fully saturated rings. The van der Waals surface area contributed by atoms with Gasteiger partial charge in [0.2, 0.25) is 0 Å². The lowest BCUT2D eigenvalue weighted by Crippen LogP contribution is -2.36. The zero-order valence-electron chi connectivity index (χ0n) is 8.76. The van der Waals surface area contributed by atoms with Crippen molar-refractivity contribution < 1.29 is 9.28 Å². The molecule has 0 radical (unpaired) electrons. The minimum absolute atomic E-state index is 0.169. The number of carbonyl (C=O) groups excluding carboxylic acids is 1. The highest BCUT2D eigenvalue weighted by atomic mass is 32.2. The van der Waals surface area contributed by atoms with E-state index in [4.69, 9.17) is 0 Å². The van der Waals surface area contributed by atoms with Gasteiger partial charge in [-0.3, -0.25) is 4.79 Å². The van der Waals surface area contributed by atoms with Crippen molar-refractivity contribution in [2.75, 3.05) is 33.4 Å². The van der Waals surface area contributed by atoms with Crippen LogP contribution in [-0.4, -0.2) is 43.0 Å². The lowest BCUT2D eigenvalue weighted by atomic mass is 10.3. The Morgan fingerprint density at radius 1 is 1.33 bits per heavy atom. The smallest absolute Gasteiger partial charge is 0.191 e. The largest absolute Gasteiger partial charge is 0.330 e. The average molecular weight is 190 g/mol. The summed E-state index contributed by atoms with van der Waals surface area (Å²) in [6.07, 6.45) is 0. The second-order valence-corrected chi connectivity index (χ2v) is 5.44. The van der Waals surface area contributed by atoms with Gasteiger partial charge >= 0.3 is 0 Å². The molecule has 0 aromatic heterocycles. The molecule has 0 aliphatic rings. The summed E-state index contributed by atoms with van der Waals surface area (Å²) in [7, 11) is 6.42. The molecule has 12 heavy (non-hydrogen) atoms. The molecule has 2 nitrogen and oxygen atoms in total. The number of thioether (sulfide) groups is 1. The van der Waals surface area contributed by atoms with Crippen molar-refractivity contribution in [1.82, 2.24) is 0 Å². The topological polar surface area (TPSA) is 17.1 Å². The Labute approximate surface area is 79.9 Å².